The second-order valence-electron chi connectivity index (χ2n) is 4.53. The molecule has 1 fully saturated rings. The van der Waals surface area contributed by atoms with Crippen molar-refractivity contribution in [2.75, 3.05) is 19.7 Å². The van der Waals surface area contributed by atoms with Gasteiger partial charge in [0.1, 0.15) is 0 Å². The monoisotopic (exact) mass is 243 g/mol. The maximum atomic E-state index is 12.1. The average molecular weight is 243 g/mol. The summed E-state index contributed by atoms with van der Waals surface area (Å²) < 4.78 is 0. The number of carbonyl (C=O) groups is 2. The summed E-state index contributed by atoms with van der Waals surface area (Å²) in [6.45, 7) is 2.83. The Morgan fingerprint density at radius 2 is 1.71 bits per heavy atom. The van der Waals surface area contributed by atoms with Crippen LogP contribution in [0, 0.1) is 11.8 Å². The van der Waals surface area contributed by atoms with E-state index in [2.05, 4.69) is 0 Å². The van der Waals surface area contributed by atoms with Crippen molar-refractivity contribution in [1.29, 1.82) is 0 Å². The minimum Gasteiger partial charge on any atom is -0.481 e. The van der Waals surface area contributed by atoms with Gasteiger partial charge in [-0.1, -0.05) is 0 Å². The van der Waals surface area contributed by atoms with Gasteiger partial charge in [0.05, 0.1) is 12.5 Å². The van der Waals surface area contributed by atoms with Crippen LogP contribution in [0.5, 0.6) is 0 Å². The quantitative estimate of drug-likeness (QED) is 0.745. The highest BCUT2D eigenvalue weighted by atomic mass is 16.4. The maximum Gasteiger partial charge on any atom is 0.306 e. The number of nitrogens with zero attached hydrogens (tertiary/aromatic N) is 1. The van der Waals surface area contributed by atoms with Crippen molar-refractivity contribution >= 4 is 11.9 Å². The lowest BCUT2D eigenvalue weighted by Crippen LogP contribution is -2.39. The molecule has 0 unspecified atom stereocenters. The molecule has 17 heavy (non-hydrogen) atoms. The highest BCUT2D eigenvalue weighted by Crippen LogP contribution is 2.30. The summed E-state index contributed by atoms with van der Waals surface area (Å²) in [5.41, 5.74) is 0. The van der Waals surface area contributed by atoms with Crippen LogP contribution in [0.4, 0.5) is 0 Å². The summed E-state index contributed by atoms with van der Waals surface area (Å²) in [4.78, 5) is 24.5. The van der Waals surface area contributed by atoms with E-state index in [1.807, 2.05) is 6.92 Å². The van der Waals surface area contributed by atoms with Gasteiger partial charge in [0.25, 0.3) is 0 Å². The van der Waals surface area contributed by atoms with Gasteiger partial charge >= 0.3 is 5.97 Å². The van der Waals surface area contributed by atoms with E-state index < -0.39 is 5.97 Å². The Morgan fingerprint density at radius 3 is 2.12 bits per heavy atom. The van der Waals surface area contributed by atoms with E-state index in [1.165, 1.54) is 0 Å². The minimum absolute atomic E-state index is 0.0238. The molecule has 2 N–H and O–H groups in total. The van der Waals surface area contributed by atoms with E-state index in [1.54, 1.807) is 4.90 Å². The molecular weight excluding hydrogens is 222 g/mol. The second kappa shape index (κ2) is 6.59. The maximum absolute atomic E-state index is 12.1. The van der Waals surface area contributed by atoms with Crippen LogP contribution < -0.4 is 0 Å². The Balaban J connectivity index is 2.47. The van der Waals surface area contributed by atoms with Crippen molar-refractivity contribution in [3.8, 4) is 0 Å². The van der Waals surface area contributed by atoms with Crippen molar-refractivity contribution in [3.05, 3.63) is 0 Å². The van der Waals surface area contributed by atoms with Crippen LogP contribution in [0.25, 0.3) is 0 Å². The molecule has 0 spiro atoms. The molecule has 0 radical (unpaired) electrons. The predicted molar refractivity (Wildman–Crippen MR) is 62.4 cm³/mol. The van der Waals surface area contributed by atoms with Crippen molar-refractivity contribution in [2.24, 2.45) is 11.8 Å². The predicted octanol–water partition coefficient (Wildman–Crippen LogP) is 0.718. The third kappa shape index (κ3) is 3.70. The number of carbonyl (C=O) groups excluding carboxylic acids is 1. The highest BCUT2D eigenvalue weighted by Gasteiger charge is 2.31. The molecule has 1 saturated carbocycles. The van der Waals surface area contributed by atoms with E-state index in [4.69, 9.17) is 10.2 Å². The number of aliphatic carboxylic acids is 1. The number of hydrogen-bond acceptors (Lipinski definition) is 3. The van der Waals surface area contributed by atoms with E-state index in [0.717, 1.165) is 0 Å². The normalized spacial score (nSPS) is 24.4. The molecule has 5 heteroatoms. The largest absolute Gasteiger partial charge is 0.481 e. The first-order valence-corrected chi connectivity index (χ1v) is 6.22. The standard InChI is InChI=1S/C12H21NO4/c1-2-13(7-8-14)11(15)9-3-5-10(6-4-9)12(16)17/h9-10,14H,2-8H2,1H3,(H,16,17). The van der Waals surface area contributed by atoms with E-state index >= 15 is 0 Å². The topological polar surface area (TPSA) is 77.8 Å². The molecule has 1 aliphatic carbocycles. The van der Waals surface area contributed by atoms with E-state index in [-0.39, 0.29) is 24.3 Å². The lowest BCUT2D eigenvalue weighted by atomic mass is 9.81. The molecular formula is C12H21NO4. The molecule has 5 nitrogen and oxygen atoms in total. The summed E-state index contributed by atoms with van der Waals surface area (Å²) in [7, 11) is 0. The summed E-state index contributed by atoms with van der Waals surface area (Å²) >= 11 is 0. The number of carboxylic acid groups (broad SMARTS) is 1. The van der Waals surface area contributed by atoms with Gasteiger partial charge in [0.2, 0.25) is 5.91 Å². The third-order valence-electron chi connectivity index (χ3n) is 3.49. The zero-order valence-electron chi connectivity index (χ0n) is 10.3. The minimum atomic E-state index is -0.751. The van der Waals surface area contributed by atoms with Crippen LogP contribution >= 0.6 is 0 Å². The molecule has 1 aliphatic rings. The smallest absolute Gasteiger partial charge is 0.306 e. The van der Waals surface area contributed by atoms with Gasteiger partial charge in [-0.05, 0) is 32.6 Å². The fourth-order valence-corrected chi connectivity index (χ4v) is 2.39. The van der Waals surface area contributed by atoms with Gasteiger partial charge < -0.3 is 15.1 Å². The molecule has 0 aromatic heterocycles. The number of amides is 1. The Hall–Kier alpha value is -1.10. The summed E-state index contributed by atoms with van der Waals surface area (Å²) in [6, 6.07) is 0. The lowest BCUT2D eigenvalue weighted by molar-refractivity contribution is -0.145. The number of aliphatic hydroxyl groups is 1. The van der Waals surface area contributed by atoms with Crippen molar-refractivity contribution in [2.45, 2.75) is 32.6 Å². The zero-order valence-corrected chi connectivity index (χ0v) is 10.3. The molecule has 0 aliphatic heterocycles. The fourth-order valence-electron chi connectivity index (χ4n) is 2.39. The van der Waals surface area contributed by atoms with E-state index in [9.17, 15) is 9.59 Å². The van der Waals surface area contributed by atoms with Gasteiger partial charge in [-0.25, -0.2) is 0 Å². The molecule has 98 valence electrons. The van der Waals surface area contributed by atoms with Gasteiger partial charge in [-0.15, -0.1) is 0 Å². The Bertz CT molecular complexity index is 272. The first kappa shape index (κ1) is 14.0. The van der Waals surface area contributed by atoms with Crippen LogP contribution in [0.1, 0.15) is 32.6 Å². The second-order valence-corrected chi connectivity index (χ2v) is 4.53. The van der Waals surface area contributed by atoms with Crippen LogP contribution in [-0.2, 0) is 9.59 Å². The van der Waals surface area contributed by atoms with Crippen molar-refractivity contribution in [3.63, 3.8) is 0 Å². The van der Waals surface area contributed by atoms with Gasteiger partial charge in [0.15, 0.2) is 0 Å². The third-order valence-corrected chi connectivity index (χ3v) is 3.49. The lowest BCUT2D eigenvalue weighted by Gasteiger charge is -2.30. The Morgan fingerprint density at radius 1 is 1.18 bits per heavy atom. The first-order valence-electron chi connectivity index (χ1n) is 6.22. The van der Waals surface area contributed by atoms with Crippen LogP contribution in [-0.4, -0.2) is 46.7 Å². The Labute approximate surface area is 101 Å². The summed E-state index contributed by atoms with van der Waals surface area (Å²) in [5.74, 6) is -1.03. The molecule has 1 rings (SSSR count). The number of hydrogen-bond donors (Lipinski definition) is 2. The van der Waals surface area contributed by atoms with Crippen molar-refractivity contribution in [1.82, 2.24) is 4.90 Å². The molecule has 0 atom stereocenters. The summed E-state index contributed by atoms with van der Waals surface area (Å²) in [5, 5.41) is 17.7. The van der Waals surface area contributed by atoms with Crippen molar-refractivity contribution < 1.29 is 19.8 Å². The molecule has 0 heterocycles. The van der Waals surface area contributed by atoms with Crippen LogP contribution in [0.15, 0.2) is 0 Å². The number of carboxylic acids is 1. The number of aliphatic hydroxyl groups excluding tert-OH is 1. The van der Waals surface area contributed by atoms with Gasteiger partial charge in [0, 0.05) is 19.0 Å². The number of rotatable bonds is 5. The van der Waals surface area contributed by atoms with E-state index in [0.29, 0.717) is 38.8 Å². The molecule has 0 aromatic rings. The summed E-state index contributed by atoms with van der Waals surface area (Å²) in [6.07, 6.45) is 2.47. The number of likely N-dealkylation sites (N-methyl/N-ethyl adjacent to an activating group) is 1. The highest BCUT2D eigenvalue weighted by molar-refractivity contribution is 5.79. The zero-order chi connectivity index (χ0) is 12.8. The molecule has 1 amide bonds. The van der Waals surface area contributed by atoms with Gasteiger partial charge in [-0.2, -0.15) is 0 Å². The molecule has 0 bridgehead atoms. The Kier molecular flexibility index (Phi) is 5.41. The van der Waals surface area contributed by atoms with Gasteiger partial charge in [-0.3, -0.25) is 9.59 Å². The average Bonchev–Trinajstić information content (AvgIpc) is 2.35. The van der Waals surface area contributed by atoms with Crippen LogP contribution in [0.2, 0.25) is 0 Å². The molecule has 0 aromatic carbocycles. The first-order chi connectivity index (χ1) is 8.10. The molecule has 0 saturated heterocycles. The fraction of sp³-hybridized carbons (Fsp3) is 0.833. The van der Waals surface area contributed by atoms with Crippen LogP contribution in [0.3, 0.4) is 0 Å². The SMILES string of the molecule is CCN(CCO)C(=O)C1CCC(C(=O)O)CC1.